The molecule has 0 bridgehead atoms. The van der Waals surface area contributed by atoms with Crippen LogP contribution in [-0.2, 0) is 11.2 Å². The van der Waals surface area contributed by atoms with E-state index < -0.39 is 0 Å². The summed E-state index contributed by atoms with van der Waals surface area (Å²) < 4.78 is 0. The molecule has 1 rings (SSSR count). The van der Waals surface area contributed by atoms with E-state index >= 15 is 0 Å². The summed E-state index contributed by atoms with van der Waals surface area (Å²) in [4.78, 5) is 13.5. The highest BCUT2D eigenvalue weighted by Crippen LogP contribution is 2.05. The first-order valence-electron chi connectivity index (χ1n) is 6.66. The minimum absolute atomic E-state index is 0. The topological polar surface area (TPSA) is 32.3 Å². The Morgan fingerprint density at radius 1 is 1.21 bits per heavy atom. The number of halogens is 1. The standard InChI is InChI=1S/C15H24N2O.ClH/c1-16-12-11-15(18)17(2)13-7-6-10-14-8-4-3-5-9-14;/h3-5,8-9,16H,6-7,10-13H2,1-2H3;1H. The Morgan fingerprint density at radius 2 is 1.89 bits per heavy atom. The molecule has 4 heteroatoms. The highest BCUT2D eigenvalue weighted by atomic mass is 35.5. The second-order valence-electron chi connectivity index (χ2n) is 4.61. The summed E-state index contributed by atoms with van der Waals surface area (Å²) in [5.74, 6) is 0.226. The van der Waals surface area contributed by atoms with E-state index in [4.69, 9.17) is 0 Å². The third kappa shape index (κ3) is 7.85. The highest BCUT2D eigenvalue weighted by Gasteiger charge is 2.06. The van der Waals surface area contributed by atoms with Gasteiger partial charge in [0.25, 0.3) is 0 Å². The Bertz CT molecular complexity index is 343. The van der Waals surface area contributed by atoms with Gasteiger partial charge in [-0.3, -0.25) is 4.79 Å². The van der Waals surface area contributed by atoms with Crippen LogP contribution in [0.4, 0.5) is 0 Å². The summed E-state index contributed by atoms with van der Waals surface area (Å²) in [7, 11) is 3.76. The van der Waals surface area contributed by atoms with Crippen molar-refractivity contribution in [2.45, 2.75) is 25.7 Å². The molecule has 0 aliphatic carbocycles. The molecule has 0 saturated heterocycles. The molecule has 19 heavy (non-hydrogen) atoms. The van der Waals surface area contributed by atoms with Gasteiger partial charge in [0.1, 0.15) is 0 Å². The van der Waals surface area contributed by atoms with Crippen molar-refractivity contribution in [2.24, 2.45) is 0 Å². The minimum Gasteiger partial charge on any atom is -0.346 e. The highest BCUT2D eigenvalue weighted by molar-refractivity contribution is 5.85. The van der Waals surface area contributed by atoms with E-state index in [0.717, 1.165) is 32.4 Å². The normalized spacial score (nSPS) is 9.79. The summed E-state index contributed by atoms with van der Waals surface area (Å²) in [5.41, 5.74) is 1.38. The zero-order valence-electron chi connectivity index (χ0n) is 11.9. The van der Waals surface area contributed by atoms with Crippen LogP contribution in [-0.4, -0.2) is 38.0 Å². The first kappa shape index (κ1) is 17.9. The maximum Gasteiger partial charge on any atom is 0.223 e. The number of amides is 1. The second-order valence-corrected chi connectivity index (χ2v) is 4.61. The van der Waals surface area contributed by atoms with Gasteiger partial charge in [-0.05, 0) is 31.9 Å². The molecule has 0 heterocycles. The monoisotopic (exact) mass is 284 g/mol. The van der Waals surface area contributed by atoms with E-state index in [1.54, 1.807) is 0 Å². The lowest BCUT2D eigenvalue weighted by Crippen LogP contribution is -2.30. The van der Waals surface area contributed by atoms with Crippen molar-refractivity contribution in [3.05, 3.63) is 35.9 Å². The fourth-order valence-electron chi connectivity index (χ4n) is 1.87. The maximum atomic E-state index is 11.7. The van der Waals surface area contributed by atoms with Gasteiger partial charge in [0.2, 0.25) is 5.91 Å². The molecule has 0 atom stereocenters. The predicted molar refractivity (Wildman–Crippen MR) is 82.8 cm³/mol. The molecule has 0 aromatic heterocycles. The summed E-state index contributed by atoms with van der Waals surface area (Å²) in [6.45, 7) is 1.61. The van der Waals surface area contributed by atoms with Crippen molar-refractivity contribution in [3.63, 3.8) is 0 Å². The SMILES string of the molecule is CNCCC(=O)N(C)CCCCc1ccccc1.Cl. The van der Waals surface area contributed by atoms with Crippen molar-refractivity contribution in [3.8, 4) is 0 Å². The average molecular weight is 285 g/mol. The van der Waals surface area contributed by atoms with Crippen LogP contribution in [0.1, 0.15) is 24.8 Å². The van der Waals surface area contributed by atoms with E-state index in [1.807, 2.05) is 25.1 Å². The van der Waals surface area contributed by atoms with Crippen molar-refractivity contribution in [1.29, 1.82) is 0 Å². The van der Waals surface area contributed by atoms with Crippen LogP contribution < -0.4 is 5.32 Å². The number of nitrogens with one attached hydrogen (secondary N) is 1. The van der Waals surface area contributed by atoms with Crippen molar-refractivity contribution in [2.75, 3.05) is 27.2 Å². The molecule has 1 N–H and O–H groups in total. The number of benzene rings is 1. The van der Waals surface area contributed by atoms with Crippen LogP contribution in [0.15, 0.2) is 30.3 Å². The molecule has 1 amide bonds. The molecule has 1 aromatic carbocycles. The molecule has 0 spiro atoms. The lowest BCUT2D eigenvalue weighted by molar-refractivity contribution is -0.129. The van der Waals surface area contributed by atoms with Crippen molar-refractivity contribution < 1.29 is 4.79 Å². The smallest absolute Gasteiger partial charge is 0.223 e. The molecule has 108 valence electrons. The largest absolute Gasteiger partial charge is 0.346 e. The van der Waals surface area contributed by atoms with Gasteiger partial charge in [-0.15, -0.1) is 12.4 Å². The van der Waals surface area contributed by atoms with Crippen LogP contribution in [0.3, 0.4) is 0 Å². The van der Waals surface area contributed by atoms with Gasteiger partial charge in [0.15, 0.2) is 0 Å². The molecule has 0 saturated carbocycles. The Labute approximate surface area is 122 Å². The van der Waals surface area contributed by atoms with Crippen LogP contribution in [0, 0.1) is 0 Å². The first-order chi connectivity index (χ1) is 8.74. The third-order valence-corrected chi connectivity index (χ3v) is 3.07. The molecular weight excluding hydrogens is 260 g/mol. The Morgan fingerprint density at radius 3 is 2.53 bits per heavy atom. The van der Waals surface area contributed by atoms with Gasteiger partial charge in [-0.25, -0.2) is 0 Å². The third-order valence-electron chi connectivity index (χ3n) is 3.07. The number of nitrogens with zero attached hydrogens (tertiary/aromatic N) is 1. The zero-order valence-corrected chi connectivity index (χ0v) is 12.7. The summed E-state index contributed by atoms with van der Waals surface area (Å²) in [6, 6.07) is 10.5. The number of unbranched alkanes of at least 4 members (excludes halogenated alkanes) is 1. The molecule has 1 aromatic rings. The van der Waals surface area contributed by atoms with Crippen LogP contribution in [0.2, 0.25) is 0 Å². The van der Waals surface area contributed by atoms with Gasteiger partial charge >= 0.3 is 0 Å². The van der Waals surface area contributed by atoms with Crippen LogP contribution in [0.5, 0.6) is 0 Å². The Kier molecular flexibility index (Phi) is 10.2. The van der Waals surface area contributed by atoms with E-state index in [1.165, 1.54) is 5.56 Å². The maximum absolute atomic E-state index is 11.7. The molecule has 3 nitrogen and oxygen atoms in total. The summed E-state index contributed by atoms with van der Waals surface area (Å²) in [5, 5.41) is 2.99. The van der Waals surface area contributed by atoms with Gasteiger partial charge in [-0.1, -0.05) is 30.3 Å². The fraction of sp³-hybridized carbons (Fsp3) is 0.533. The van der Waals surface area contributed by atoms with Gasteiger partial charge in [-0.2, -0.15) is 0 Å². The number of aryl methyl sites for hydroxylation is 1. The van der Waals surface area contributed by atoms with Crippen molar-refractivity contribution in [1.82, 2.24) is 10.2 Å². The number of carbonyl (C=O) groups is 1. The van der Waals surface area contributed by atoms with Gasteiger partial charge in [0, 0.05) is 26.6 Å². The second kappa shape index (κ2) is 10.8. The van der Waals surface area contributed by atoms with Crippen LogP contribution in [0.25, 0.3) is 0 Å². The van der Waals surface area contributed by atoms with Crippen molar-refractivity contribution >= 4 is 18.3 Å². The Balaban J connectivity index is 0.00000324. The Hall–Kier alpha value is -1.06. The number of hydrogen-bond donors (Lipinski definition) is 1. The summed E-state index contributed by atoms with van der Waals surface area (Å²) in [6.07, 6.45) is 3.88. The average Bonchev–Trinajstić information content (AvgIpc) is 2.41. The number of hydrogen-bond acceptors (Lipinski definition) is 2. The summed E-state index contributed by atoms with van der Waals surface area (Å²) >= 11 is 0. The number of carbonyl (C=O) groups excluding carboxylic acids is 1. The molecule has 0 aliphatic heterocycles. The van der Waals surface area contributed by atoms with Crippen LogP contribution >= 0.6 is 12.4 Å². The number of rotatable bonds is 8. The lowest BCUT2D eigenvalue weighted by atomic mass is 10.1. The van der Waals surface area contributed by atoms with E-state index in [2.05, 4.69) is 29.6 Å². The quantitative estimate of drug-likeness (QED) is 0.744. The lowest BCUT2D eigenvalue weighted by Gasteiger charge is -2.16. The van der Waals surface area contributed by atoms with E-state index in [0.29, 0.717) is 6.42 Å². The molecule has 0 radical (unpaired) electrons. The molecule has 0 unspecified atom stereocenters. The zero-order chi connectivity index (χ0) is 13.2. The van der Waals surface area contributed by atoms with Gasteiger partial charge in [0.05, 0.1) is 0 Å². The fourth-order valence-corrected chi connectivity index (χ4v) is 1.87. The minimum atomic E-state index is 0. The van der Waals surface area contributed by atoms with E-state index in [9.17, 15) is 4.79 Å². The molecule has 0 fully saturated rings. The predicted octanol–water partition coefficient (Wildman–Crippen LogP) is 2.50. The van der Waals surface area contributed by atoms with E-state index in [-0.39, 0.29) is 18.3 Å². The first-order valence-corrected chi connectivity index (χ1v) is 6.66. The molecular formula is C15H25ClN2O. The van der Waals surface area contributed by atoms with Gasteiger partial charge < -0.3 is 10.2 Å². The molecule has 0 aliphatic rings.